The topological polar surface area (TPSA) is 75.9 Å². The molecule has 0 saturated heterocycles. The van der Waals surface area contributed by atoms with Crippen molar-refractivity contribution in [2.24, 2.45) is 0 Å². The van der Waals surface area contributed by atoms with E-state index in [1.807, 2.05) is 20.8 Å². The van der Waals surface area contributed by atoms with Crippen LogP contribution in [0.3, 0.4) is 0 Å². The van der Waals surface area contributed by atoms with Crippen molar-refractivity contribution in [2.75, 3.05) is 5.32 Å². The van der Waals surface area contributed by atoms with E-state index < -0.39 is 17.2 Å². The molecule has 0 amide bonds. The maximum atomic E-state index is 14.3. The first-order chi connectivity index (χ1) is 14.2. The van der Waals surface area contributed by atoms with Crippen molar-refractivity contribution in [2.45, 2.75) is 70.6 Å². The first kappa shape index (κ1) is 20.7. The second-order valence-electron chi connectivity index (χ2n) is 8.74. The Morgan fingerprint density at radius 1 is 1.23 bits per heavy atom. The third-order valence-electron chi connectivity index (χ3n) is 5.68. The van der Waals surface area contributed by atoms with Crippen molar-refractivity contribution in [1.82, 2.24) is 19.5 Å². The van der Waals surface area contributed by atoms with Gasteiger partial charge >= 0.3 is 0 Å². The molecule has 1 fully saturated rings. The van der Waals surface area contributed by atoms with Crippen LogP contribution in [0.25, 0.3) is 11.2 Å². The number of hydrogen-bond acceptors (Lipinski definition) is 5. The van der Waals surface area contributed by atoms with Crippen molar-refractivity contribution in [3.05, 3.63) is 47.4 Å². The number of rotatable bonds is 5. The molecule has 3 aromatic rings. The highest BCUT2D eigenvalue weighted by Crippen LogP contribution is 2.37. The molecular weight excluding hydrogens is 388 g/mol. The van der Waals surface area contributed by atoms with Crippen molar-refractivity contribution in [3.63, 3.8) is 0 Å². The molecule has 4 rings (SSSR count). The molecule has 1 aliphatic carbocycles. The van der Waals surface area contributed by atoms with Crippen molar-refractivity contribution in [1.29, 1.82) is 0 Å². The summed E-state index contributed by atoms with van der Waals surface area (Å²) < 4.78 is 29.7. The van der Waals surface area contributed by atoms with Gasteiger partial charge in [0.05, 0.1) is 11.8 Å². The zero-order chi connectivity index (χ0) is 21.5. The van der Waals surface area contributed by atoms with Gasteiger partial charge in [-0.05, 0) is 58.1 Å². The molecule has 1 aromatic carbocycles. The number of fused-ring (bicyclic) bond motifs is 1. The average Bonchev–Trinajstić information content (AvgIpc) is 3.01. The van der Waals surface area contributed by atoms with Gasteiger partial charge in [0.25, 0.3) is 0 Å². The van der Waals surface area contributed by atoms with Crippen LogP contribution in [0.2, 0.25) is 0 Å². The maximum Gasteiger partial charge on any atom is 0.224 e. The fraction of sp³-hybridized carbons (Fsp3) is 0.500. The van der Waals surface area contributed by atoms with E-state index in [1.54, 1.807) is 6.20 Å². The minimum Gasteiger partial charge on any atom is -0.390 e. The summed E-state index contributed by atoms with van der Waals surface area (Å²) in [6, 6.07) is 3.88. The van der Waals surface area contributed by atoms with Crippen LogP contribution in [0, 0.1) is 11.6 Å². The Hall–Kier alpha value is -2.61. The summed E-state index contributed by atoms with van der Waals surface area (Å²) in [5, 5.41) is 13.6. The largest absolute Gasteiger partial charge is 0.390 e. The molecule has 30 heavy (non-hydrogen) atoms. The van der Waals surface area contributed by atoms with Gasteiger partial charge in [0, 0.05) is 24.6 Å². The van der Waals surface area contributed by atoms with Gasteiger partial charge in [-0.25, -0.2) is 18.7 Å². The molecule has 2 aromatic heterocycles. The van der Waals surface area contributed by atoms with E-state index in [1.165, 1.54) is 12.1 Å². The van der Waals surface area contributed by atoms with E-state index in [9.17, 15) is 13.9 Å². The number of nitrogens with zero attached hydrogens (tertiary/aromatic N) is 4. The summed E-state index contributed by atoms with van der Waals surface area (Å²) in [5.74, 6) is -0.0121. The Bertz CT molecular complexity index is 1050. The summed E-state index contributed by atoms with van der Waals surface area (Å²) in [6.07, 6.45) is 4.78. The Labute approximate surface area is 174 Å². The molecule has 1 aliphatic rings. The van der Waals surface area contributed by atoms with Crippen LogP contribution in [0.15, 0.2) is 24.4 Å². The lowest BCUT2D eigenvalue weighted by atomic mass is 9.83. The summed E-state index contributed by atoms with van der Waals surface area (Å²) in [6.45, 7) is 5.88. The molecule has 2 heterocycles. The molecule has 160 valence electrons. The van der Waals surface area contributed by atoms with E-state index in [-0.39, 0.29) is 18.5 Å². The first-order valence-electron chi connectivity index (χ1n) is 10.4. The Balaban J connectivity index is 1.77. The zero-order valence-electron chi connectivity index (χ0n) is 17.5. The number of anilines is 1. The van der Waals surface area contributed by atoms with Crippen molar-refractivity contribution in [3.8, 4) is 0 Å². The predicted molar refractivity (Wildman–Crippen MR) is 111 cm³/mol. The van der Waals surface area contributed by atoms with Crippen LogP contribution in [0.4, 0.5) is 14.7 Å². The molecule has 0 unspecified atom stereocenters. The highest BCUT2D eigenvalue weighted by atomic mass is 19.1. The van der Waals surface area contributed by atoms with Crippen LogP contribution in [0.5, 0.6) is 0 Å². The lowest BCUT2D eigenvalue weighted by Gasteiger charge is -2.34. The first-order valence-corrected chi connectivity index (χ1v) is 10.4. The van der Waals surface area contributed by atoms with Crippen LogP contribution < -0.4 is 5.32 Å². The standard InChI is InChI=1S/C22H27F2N5O/c1-13(2)26-21-25-12-18-20(28-21)29(16-6-8-22(3,30)9-7-16)19(27-18)10-14-4-5-15(23)11-17(14)24/h4-5,11-13,16,30H,6-10H2,1-3H3,(H,25,26,28). The molecule has 0 atom stereocenters. The van der Waals surface area contributed by atoms with Crippen LogP contribution in [0.1, 0.15) is 63.9 Å². The molecule has 0 radical (unpaired) electrons. The number of aromatic nitrogens is 4. The van der Waals surface area contributed by atoms with Gasteiger partial charge in [0.1, 0.15) is 23.0 Å². The quantitative estimate of drug-likeness (QED) is 0.647. The lowest BCUT2D eigenvalue weighted by molar-refractivity contribution is 0.0100. The van der Waals surface area contributed by atoms with Gasteiger partial charge in [0.15, 0.2) is 5.65 Å². The molecule has 0 aliphatic heterocycles. The molecule has 0 spiro atoms. The normalized spacial score (nSPS) is 22.0. The molecular formula is C22H27F2N5O. The number of halogens is 2. The summed E-state index contributed by atoms with van der Waals surface area (Å²) in [4.78, 5) is 13.7. The van der Waals surface area contributed by atoms with Crippen LogP contribution in [-0.4, -0.2) is 36.3 Å². The monoisotopic (exact) mass is 415 g/mol. The van der Waals surface area contributed by atoms with Gasteiger partial charge in [-0.3, -0.25) is 0 Å². The van der Waals surface area contributed by atoms with Gasteiger partial charge < -0.3 is 15.0 Å². The fourth-order valence-corrected chi connectivity index (χ4v) is 4.09. The number of hydrogen-bond donors (Lipinski definition) is 2. The van der Waals surface area contributed by atoms with Crippen molar-refractivity contribution < 1.29 is 13.9 Å². The third kappa shape index (κ3) is 4.28. The Morgan fingerprint density at radius 2 is 1.97 bits per heavy atom. The van der Waals surface area contributed by atoms with E-state index in [0.29, 0.717) is 41.3 Å². The van der Waals surface area contributed by atoms with E-state index in [0.717, 1.165) is 18.9 Å². The molecule has 0 bridgehead atoms. The minimum absolute atomic E-state index is 0.0931. The molecule has 1 saturated carbocycles. The predicted octanol–water partition coefficient (Wildman–Crippen LogP) is 4.38. The third-order valence-corrected chi connectivity index (χ3v) is 5.68. The molecule has 2 N–H and O–H groups in total. The fourth-order valence-electron chi connectivity index (χ4n) is 4.09. The Morgan fingerprint density at radius 3 is 2.63 bits per heavy atom. The van der Waals surface area contributed by atoms with E-state index >= 15 is 0 Å². The van der Waals surface area contributed by atoms with Gasteiger partial charge in [0.2, 0.25) is 5.95 Å². The van der Waals surface area contributed by atoms with Gasteiger partial charge in [-0.1, -0.05) is 6.07 Å². The highest BCUT2D eigenvalue weighted by molar-refractivity contribution is 5.72. The van der Waals surface area contributed by atoms with Crippen LogP contribution in [-0.2, 0) is 6.42 Å². The number of benzene rings is 1. The average molecular weight is 415 g/mol. The molecule has 6 nitrogen and oxygen atoms in total. The highest BCUT2D eigenvalue weighted by Gasteiger charge is 2.32. The van der Waals surface area contributed by atoms with E-state index in [2.05, 4.69) is 19.9 Å². The number of imidazole rings is 1. The second-order valence-corrected chi connectivity index (χ2v) is 8.74. The van der Waals surface area contributed by atoms with Crippen LogP contribution >= 0.6 is 0 Å². The lowest BCUT2D eigenvalue weighted by Crippen LogP contribution is -2.32. The molecule has 8 heteroatoms. The van der Waals surface area contributed by atoms with Crippen molar-refractivity contribution >= 4 is 17.1 Å². The van der Waals surface area contributed by atoms with E-state index in [4.69, 9.17) is 4.98 Å². The summed E-state index contributed by atoms with van der Waals surface area (Å²) in [5.41, 5.74) is 1.04. The maximum absolute atomic E-state index is 14.3. The zero-order valence-corrected chi connectivity index (χ0v) is 17.5. The number of nitrogens with one attached hydrogen (secondary N) is 1. The number of aliphatic hydroxyl groups is 1. The minimum atomic E-state index is -0.671. The summed E-state index contributed by atoms with van der Waals surface area (Å²) in [7, 11) is 0. The second kappa shape index (κ2) is 7.91. The van der Waals surface area contributed by atoms with Gasteiger partial charge in [-0.2, -0.15) is 4.98 Å². The smallest absolute Gasteiger partial charge is 0.224 e. The Kier molecular flexibility index (Phi) is 5.44. The SMILES string of the molecule is CC(C)Nc1ncc2nc(Cc3ccc(F)cc3F)n(C3CCC(C)(O)CC3)c2n1. The summed E-state index contributed by atoms with van der Waals surface area (Å²) >= 11 is 0. The van der Waals surface area contributed by atoms with Gasteiger partial charge in [-0.15, -0.1) is 0 Å².